The zero-order valence-corrected chi connectivity index (χ0v) is 24.6. The lowest BCUT2D eigenvalue weighted by Crippen LogP contribution is -2.31. The summed E-state index contributed by atoms with van der Waals surface area (Å²) in [6.45, 7) is 2.34. The number of fused-ring (bicyclic) bond motifs is 1. The third-order valence-corrected chi connectivity index (χ3v) is 8.92. The highest BCUT2D eigenvalue weighted by Gasteiger charge is 2.47. The number of halogens is 1. The minimum atomic E-state index is -1.02. The summed E-state index contributed by atoms with van der Waals surface area (Å²) < 4.78 is 30.7. The molecule has 218 valence electrons. The lowest BCUT2D eigenvalue weighted by Gasteiger charge is -2.24. The Kier molecular flexibility index (Phi) is 7.87. The Morgan fingerprint density at radius 2 is 1.88 bits per heavy atom. The molecular formula is C31H24FN3O6S2. The molecule has 0 spiro atoms. The van der Waals surface area contributed by atoms with Crippen molar-refractivity contribution >= 4 is 50.9 Å². The summed E-state index contributed by atoms with van der Waals surface area (Å²) in [7, 11) is 1.50. The van der Waals surface area contributed by atoms with Gasteiger partial charge in [-0.2, -0.15) is 0 Å². The van der Waals surface area contributed by atoms with Crippen molar-refractivity contribution in [2.24, 2.45) is 0 Å². The first-order chi connectivity index (χ1) is 20.9. The summed E-state index contributed by atoms with van der Waals surface area (Å²) in [6.07, 6.45) is 0. The van der Waals surface area contributed by atoms with Gasteiger partial charge < -0.3 is 19.0 Å². The molecule has 5 aromatic rings. The average molecular weight is 618 g/mol. The number of nitrogens with zero attached hydrogens (tertiary/aromatic N) is 3. The van der Waals surface area contributed by atoms with Crippen molar-refractivity contribution in [3.05, 3.63) is 107 Å². The predicted octanol–water partition coefficient (Wildman–Crippen LogP) is 6.91. The summed E-state index contributed by atoms with van der Waals surface area (Å²) in [6, 6.07) is 18.9. The number of methoxy groups -OCH3 is 1. The highest BCUT2D eigenvalue weighted by Crippen LogP contribution is 2.44. The van der Waals surface area contributed by atoms with E-state index < -0.39 is 23.5 Å². The van der Waals surface area contributed by atoms with Crippen LogP contribution in [0.2, 0.25) is 0 Å². The largest absolute Gasteiger partial charge is 0.503 e. The summed E-state index contributed by atoms with van der Waals surface area (Å²) in [5.74, 6) is -0.952. The molecule has 0 fully saturated rings. The number of benzene rings is 3. The number of anilines is 1. The molecule has 6 rings (SSSR count). The molecular weight excluding hydrogens is 593 g/mol. The normalized spacial score (nSPS) is 15.0. The Hall–Kier alpha value is -4.68. The quantitative estimate of drug-likeness (QED) is 0.101. The van der Waals surface area contributed by atoms with Crippen molar-refractivity contribution in [3.63, 3.8) is 0 Å². The third kappa shape index (κ3) is 5.46. The second-order valence-corrected chi connectivity index (χ2v) is 11.6. The number of thioether (sulfide) groups is 1. The molecule has 43 heavy (non-hydrogen) atoms. The molecule has 12 heteroatoms. The van der Waals surface area contributed by atoms with E-state index in [0.29, 0.717) is 44.7 Å². The van der Waals surface area contributed by atoms with Crippen LogP contribution in [-0.2, 0) is 10.5 Å². The first kappa shape index (κ1) is 28.4. The number of carbonyl (C=O) groups excluding carboxylic acids is 2. The van der Waals surface area contributed by atoms with Crippen LogP contribution >= 0.6 is 23.1 Å². The van der Waals surface area contributed by atoms with Gasteiger partial charge in [-0.1, -0.05) is 59.5 Å². The van der Waals surface area contributed by atoms with E-state index >= 15 is 0 Å². The van der Waals surface area contributed by atoms with E-state index in [1.165, 1.54) is 35.9 Å². The first-order valence-electron chi connectivity index (χ1n) is 13.2. The minimum absolute atomic E-state index is 0.0561. The van der Waals surface area contributed by atoms with Gasteiger partial charge in [0.1, 0.15) is 11.6 Å². The summed E-state index contributed by atoms with van der Waals surface area (Å²) >= 11 is 2.52. The molecule has 1 aliphatic heterocycles. The lowest BCUT2D eigenvalue weighted by atomic mass is 9.95. The van der Waals surface area contributed by atoms with Crippen LogP contribution in [0.3, 0.4) is 0 Å². The van der Waals surface area contributed by atoms with Crippen molar-refractivity contribution in [2.45, 2.75) is 23.1 Å². The Labute approximate surface area is 253 Å². The molecule has 1 unspecified atom stereocenters. The zero-order valence-electron chi connectivity index (χ0n) is 22.9. The molecule has 1 aliphatic rings. The molecule has 1 N–H and O–H groups in total. The molecule has 3 heterocycles. The van der Waals surface area contributed by atoms with Crippen molar-refractivity contribution in [2.75, 3.05) is 18.6 Å². The van der Waals surface area contributed by atoms with E-state index in [1.807, 2.05) is 6.92 Å². The van der Waals surface area contributed by atoms with Crippen molar-refractivity contribution in [3.8, 4) is 11.5 Å². The third-order valence-electron chi connectivity index (χ3n) is 6.79. The van der Waals surface area contributed by atoms with Crippen LogP contribution in [0.15, 0.2) is 92.9 Å². The van der Waals surface area contributed by atoms with Crippen LogP contribution < -0.4 is 14.4 Å². The topological polar surface area (TPSA) is 115 Å². The smallest absolute Gasteiger partial charge is 0.296 e. The summed E-state index contributed by atoms with van der Waals surface area (Å²) in [4.78, 5) is 28.8. The van der Waals surface area contributed by atoms with Gasteiger partial charge in [-0.3, -0.25) is 14.5 Å². The minimum Gasteiger partial charge on any atom is -0.503 e. The standard InChI is InChI=1S/C31H24FN3O6S2/c1-3-40-21-13-9-18(10-14-21)25-24(26(36)23-15-19-5-4-6-22(39-2)28(19)41-23)27(37)29(38)35(25)30-33-34-31(43-30)42-16-17-7-11-20(32)12-8-17/h4-15,25,37H,3,16H2,1-2H3. The highest BCUT2D eigenvalue weighted by atomic mass is 32.2. The van der Waals surface area contributed by atoms with Crippen LogP contribution in [0.1, 0.15) is 34.6 Å². The van der Waals surface area contributed by atoms with Gasteiger partial charge in [-0.25, -0.2) is 4.39 Å². The number of amides is 1. The molecule has 2 aromatic heterocycles. The van der Waals surface area contributed by atoms with Gasteiger partial charge in [0.15, 0.2) is 27.2 Å². The number of ether oxygens (including phenoxy) is 2. The summed E-state index contributed by atoms with van der Waals surface area (Å²) in [5.41, 5.74) is 1.66. The van der Waals surface area contributed by atoms with Gasteiger partial charge in [0.2, 0.25) is 10.9 Å². The van der Waals surface area contributed by atoms with Crippen LogP contribution in [0.25, 0.3) is 11.0 Å². The SMILES string of the molecule is CCOc1ccc(C2C(C(=O)c3cc4cccc(OC)c4o3)=C(O)C(=O)N2c2nnc(SCc3ccc(F)cc3)s2)cc1. The number of Topliss-reactive ketones (excluding diaryl/α,β-unsaturated/α-hetero) is 1. The highest BCUT2D eigenvalue weighted by molar-refractivity contribution is 8.00. The van der Waals surface area contributed by atoms with E-state index in [1.54, 1.807) is 60.7 Å². The number of hydrogen-bond donors (Lipinski definition) is 1. The monoisotopic (exact) mass is 617 g/mol. The van der Waals surface area contributed by atoms with E-state index in [4.69, 9.17) is 13.9 Å². The molecule has 0 bridgehead atoms. The van der Waals surface area contributed by atoms with E-state index in [9.17, 15) is 19.1 Å². The number of aliphatic hydroxyl groups excluding tert-OH is 1. The summed E-state index contributed by atoms with van der Waals surface area (Å²) in [5, 5.41) is 20.4. The number of rotatable bonds is 10. The van der Waals surface area contributed by atoms with Gasteiger partial charge >= 0.3 is 0 Å². The number of para-hydroxylation sites is 1. The Morgan fingerprint density at radius 3 is 2.60 bits per heavy atom. The van der Waals surface area contributed by atoms with E-state index in [-0.39, 0.29) is 22.3 Å². The molecule has 1 atom stereocenters. The predicted molar refractivity (Wildman–Crippen MR) is 160 cm³/mol. The zero-order chi connectivity index (χ0) is 30.1. The molecule has 0 saturated carbocycles. The van der Waals surface area contributed by atoms with Crippen molar-refractivity contribution < 1.29 is 33.0 Å². The molecule has 9 nitrogen and oxygen atoms in total. The van der Waals surface area contributed by atoms with Crippen molar-refractivity contribution in [1.29, 1.82) is 0 Å². The number of aliphatic hydroxyl groups is 1. The number of carbonyl (C=O) groups is 2. The van der Waals surface area contributed by atoms with Crippen molar-refractivity contribution in [1.82, 2.24) is 10.2 Å². The number of aromatic nitrogens is 2. The first-order valence-corrected chi connectivity index (χ1v) is 15.0. The van der Waals surface area contributed by atoms with E-state index in [2.05, 4.69) is 10.2 Å². The molecule has 3 aromatic carbocycles. The molecule has 0 saturated heterocycles. The Bertz CT molecular complexity index is 1850. The van der Waals surface area contributed by atoms with Crippen LogP contribution in [0.5, 0.6) is 11.5 Å². The van der Waals surface area contributed by atoms with Gasteiger partial charge in [-0.05, 0) is 54.4 Å². The fraction of sp³-hybridized carbons (Fsp3) is 0.161. The number of ketones is 1. The van der Waals surface area contributed by atoms with Gasteiger partial charge in [0, 0.05) is 11.1 Å². The number of hydrogen-bond acceptors (Lipinski definition) is 10. The second kappa shape index (κ2) is 11.9. The molecule has 0 radical (unpaired) electrons. The van der Waals surface area contributed by atoms with E-state index in [0.717, 1.165) is 16.9 Å². The lowest BCUT2D eigenvalue weighted by molar-refractivity contribution is -0.117. The maximum atomic E-state index is 14.0. The maximum absolute atomic E-state index is 14.0. The fourth-order valence-corrected chi connectivity index (χ4v) is 6.61. The average Bonchev–Trinajstić information content (AvgIpc) is 3.73. The van der Waals surface area contributed by atoms with Gasteiger partial charge in [-0.15, -0.1) is 10.2 Å². The molecule has 1 amide bonds. The Morgan fingerprint density at radius 1 is 1.12 bits per heavy atom. The molecule has 0 aliphatic carbocycles. The fourth-order valence-electron chi connectivity index (χ4n) is 4.79. The van der Waals surface area contributed by atoms with Gasteiger partial charge in [0.05, 0.1) is 25.3 Å². The van der Waals surface area contributed by atoms with Crippen LogP contribution in [0, 0.1) is 5.82 Å². The van der Waals surface area contributed by atoms with Crippen LogP contribution in [-0.4, -0.2) is 40.7 Å². The van der Waals surface area contributed by atoms with Gasteiger partial charge in [0.25, 0.3) is 5.91 Å². The number of furan rings is 1. The Balaban J connectivity index is 1.36. The van der Waals surface area contributed by atoms with Crippen LogP contribution in [0.4, 0.5) is 9.52 Å². The maximum Gasteiger partial charge on any atom is 0.296 e. The second-order valence-electron chi connectivity index (χ2n) is 9.43.